The van der Waals surface area contributed by atoms with Crippen molar-refractivity contribution in [3.63, 3.8) is 0 Å². The molecule has 16 heavy (non-hydrogen) atoms. The summed E-state index contributed by atoms with van der Waals surface area (Å²) in [6.07, 6.45) is 3.39. The Kier molecular flexibility index (Phi) is 3.07. The summed E-state index contributed by atoms with van der Waals surface area (Å²) in [5.74, 6) is 1.47. The van der Waals surface area contributed by atoms with E-state index in [4.69, 9.17) is 15.2 Å². The average Bonchev–Trinajstić information content (AvgIpc) is 2.78. The molecule has 0 saturated carbocycles. The van der Waals surface area contributed by atoms with Crippen LogP contribution in [-0.2, 0) is 0 Å². The van der Waals surface area contributed by atoms with E-state index in [1.807, 2.05) is 24.3 Å². The van der Waals surface area contributed by atoms with Crippen LogP contribution >= 0.6 is 0 Å². The Hall–Kier alpha value is -2.01. The van der Waals surface area contributed by atoms with Gasteiger partial charge in [-0.15, -0.1) is 0 Å². The molecule has 0 unspecified atom stereocenters. The molecule has 0 bridgehead atoms. The van der Waals surface area contributed by atoms with E-state index in [1.54, 1.807) is 24.2 Å². The van der Waals surface area contributed by atoms with Crippen LogP contribution in [0.4, 0.5) is 0 Å². The van der Waals surface area contributed by atoms with Gasteiger partial charge < -0.3 is 9.47 Å². The van der Waals surface area contributed by atoms with Gasteiger partial charge in [-0.3, -0.25) is 5.73 Å². The number of ether oxygens (including phenoxy) is 2. The predicted octanol–water partition coefficient (Wildman–Crippen LogP) is 1.18. The van der Waals surface area contributed by atoms with Crippen molar-refractivity contribution >= 4 is 0 Å². The predicted molar refractivity (Wildman–Crippen MR) is 59.8 cm³/mol. The van der Waals surface area contributed by atoms with Gasteiger partial charge in [0.1, 0.15) is 12.5 Å². The monoisotopic (exact) mass is 219 g/mol. The van der Waals surface area contributed by atoms with Gasteiger partial charge in [-0.25, -0.2) is 4.68 Å². The lowest BCUT2D eigenvalue weighted by atomic mass is 10.3. The molecule has 0 radical (unpaired) electrons. The van der Waals surface area contributed by atoms with Crippen molar-refractivity contribution in [3.05, 3.63) is 36.7 Å². The molecule has 2 rings (SSSR count). The minimum atomic E-state index is 0.147. The highest BCUT2D eigenvalue weighted by atomic mass is 16.5. The first kappa shape index (κ1) is 10.5. The Bertz CT molecular complexity index is 451. The van der Waals surface area contributed by atoms with Gasteiger partial charge >= 0.3 is 0 Å². The van der Waals surface area contributed by atoms with Crippen molar-refractivity contribution in [2.45, 2.75) is 0 Å². The van der Waals surface area contributed by atoms with Gasteiger partial charge in [0, 0.05) is 0 Å². The molecule has 5 nitrogen and oxygen atoms in total. The van der Waals surface area contributed by atoms with Crippen LogP contribution in [0.5, 0.6) is 11.5 Å². The normalized spacial score (nSPS) is 10.1. The quantitative estimate of drug-likeness (QED) is 0.784. The zero-order chi connectivity index (χ0) is 11.4. The molecule has 1 heterocycles. The minimum absolute atomic E-state index is 0.147. The maximum Gasteiger partial charge on any atom is 0.159 e. The van der Waals surface area contributed by atoms with Gasteiger partial charge in [-0.2, -0.15) is 5.10 Å². The van der Waals surface area contributed by atoms with Gasteiger partial charge in [0.2, 0.25) is 0 Å². The Morgan fingerprint density at radius 2 is 2.00 bits per heavy atom. The molecule has 0 aliphatic carbocycles. The molecule has 0 aliphatic heterocycles. The topological polar surface area (TPSA) is 62.3 Å². The van der Waals surface area contributed by atoms with Gasteiger partial charge in [0.25, 0.3) is 0 Å². The number of rotatable bonds is 4. The summed E-state index contributed by atoms with van der Waals surface area (Å²) in [5.41, 5.74) is 6.21. The molecule has 0 saturated heterocycles. The van der Waals surface area contributed by atoms with Crippen molar-refractivity contribution in [1.29, 1.82) is 0 Å². The molecule has 0 atom stereocenters. The van der Waals surface area contributed by atoms with Gasteiger partial charge in [-0.05, 0) is 24.3 Å². The van der Waals surface area contributed by atoms with E-state index in [1.165, 1.54) is 0 Å². The van der Waals surface area contributed by atoms with E-state index in [2.05, 4.69) is 5.10 Å². The fraction of sp³-hybridized carbons (Fsp3) is 0.182. The number of methoxy groups -OCH3 is 1. The largest absolute Gasteiger partial charge is 0.497 e. The molecule has 0 spiro atoms. The molecule has 5 heteroatoms. The SMILES string of the molecule is COc1ccc(-n2cc(OCN)cn2)cc1. The first-order valence-corrected chi connectivity index (χ1v) is 4.85. The molecule has 0 fully saturated rings. The fourth-order valence-corrected chi connectivity index (χ4v) is 1.35. The molecular formula is C11H13N3O2. The molecule has 84 valence electrons. The molecular weight excluding hydrogens is 206 g/mol. The highest BCUT2D eigenvalue weighted by molar-refractivity contribution is 5.37. The van der Waals surface area contributed by atoms with E-state index in [-0.39, 0.29) is 6.73 Å². The zero-order valence-corrected chi connectivity index (χ0v) is 8.96. The third-order valence-corrected chi connectivity index (χ3v) is 2.15. The first-order chi connectivity index (χ1) is 7.83. The van der Waals surface area contributed by atoms with Crippen LogP contribution in [0.25, 0.3) is 5.69 Å². The highest BCUT2D eigenvalue weighted by Crippen LogP contribution is 2.16. The zero-order valence-electron chi connectivity index (χ0n) is 8.96. The standard InChI is InChI=1S/C11H13N3O2/c1-15-10-4-2-9(3-5-10)14-7-11(6-13-14)16-8-12/h2-7H,8,12H2,1H3. The van der Waals surface area contributed by atoms with Crippen LogP contribution in [0, 0.1) is 0 Å². The highest BCUT2D eigenvalue weighted by Gasteiger charge is 2.01. The number of benzene rings is 1. The van der Waals surface area contributed by atoms with Crippen molar-refractivity contribution in [3.8, 4) is 17.2 Å². The number of aromatic nitrogens is 2. The molecule has 2 aromatic rings. The lowest BCUT2D eigenvalue weighted by Crippen LogP contribution is -2.06. The summed E-state index contributed by atoms with van der Waals surface area (Å²) in [6.45, 7) is 0.147. The second-order valence-electron chi connectivity index (χ2n) is 3.13. The maximum atomic E-state index is 5.27. The van der Waals surface area contributed by atoms with E-state index in [9.17, 15) is 0 Å². The maximum absolute atomic E-state index is 5.27. The van der Waals surface area contributed by atoms with Crippen LogP contribution in [0.1, 0.15) is 0 Å². The molecule has 2 N–H and O–H groups in total. The summed E-state index contributed by atoms with van der Waals surface area (Å²) in [4.78, 5) is 0. The first-order valence-electron chi connectivity index (χ1n) is 4.85. The third-order valence-electron chi connectivity index (χ3n) is 2.15. The Labute approximate surface area is 93.4 Å². The number of hydrogen-bond donors (Lipinski definition) is 1. The Balaban J connectivity index is 2.21. The second-order valence-corrected chi connectivity index (χ2v) is 3.13. The lowest BCUT2D eigenvalue weighted by molar-refractivity contribution is 0.329. The van der Waals surface area contributed by atoms with Crippen LogP contribution in [0.3, 0.4) is 0 Å². The Morgan fingerprint density at radius 1 is 1.25 bits per heavy atom. The minimum Gasteiger partial charge on any atom is -0.497 e. The molecule has 1 aromatic carbocycles. The van der Waals surface area contributed by atoms with E-state index in [0.717, 1.165) is 11.4 Å². The summed E-state index contributed by atoms with van der Waals surface area (Å²) in [5, 5.41) is 4.16. The molecule has 0 amide bonds. The lowest BCUT2D eigenvalue weighted by Gasteiger charge is -2.02. The van der Waals surface area contributed by atoms with Crippen LogP contribution in [0.15, 0.2) is 36.7 Å². The fourth-order valence-electron chi connectivity index (χ4n) is 1.35. The number of hydrogen-bond acceptors (Lipinski definition) is 4. The number of nitrogens with zero attached hydrogens (tertiary/aromatic N) is 2. The van der Waals surface area contributed by atoms with Crippen LogP contribution in [-0.4, -0.2) is 23.6 Å². The van der Waals surface area contributed by atoms with Gasteiger partial charge in [0.15, 0.2) is 5.75 Å². The summed E-state index contributed by atoms with van der Waals surface area (Å²) in [6, 6.07) is 7.58. The van der Waals surface area contributed by atoms with Crippen LogP contribution in [0.2, 0.25) is 0 Å². The summed E-state index contributed by atoms with van der Waals surface area (Å²) < 4.78 is 11.9. The van der Waals surface area contributed by atoms with E-state index < -0.39 is 0 Å². The average molecular weight is 219 g/mol. The van der Waals surface area contributed by atoms with Gasteiger partial charge in [-0.1, -0.05) is 0 Å². The smallest absolute Gasteiger partial charge is 0.159 e. The summed E-state index contributed by atoms with van der Waals surface area (Å²) >= 11 is 0. The number of nitrogens with two attached hydrogens (primary N) is 1. The van der Waals surface area contributed by atoms with Crippen molar-refractivity contribution in [2.24, 2.45) is 5.73 Å². The van der Waals surface area contributed by atoms with Crippen molar-refractivity contribution in [2.75, 3.05) is 13.8 Å². The van der Waals surface area contributed by atoms with Gasteiger partial charge in [0.05, 0.1) is 25.2 Å². The summed E-state index contributed by atoms with van der Waals surface area (Å²) in [7, 11) is 1.64. The molecule has 1 aromatic heterocycles. The molecule has 0 aliphatic rings. The van der Waals surface area contributed by atoms with E-state index >= 15 is 0 Å². The second kappa shape index (κ2) is 4.67. The van der Waals surface area contributed by atoms with E-state index in [0.29, 0.717) is 5.75 Å². The Morgan fingerprint density at radius 3 is 2.62 bits per heavy atom. The van der Waals surface area contributed by atoms with Crippen molar-refractivity contribution in [1.82, 2.24) is 9.78 Å². The third kappa shape index (κ3) is 2.14. The van der Waals surface area contributed by atoms with Crippen molar-refractivity contribution < 1.29 is 9.47 Å². The van der Waals surface area contributed by atoms with Crippen LogP contribution < -0.4 is 15.2 Å².